The summed E-state index contributed by atoms with van der Waals surface area (Å²) in [5.74, 6) is 0. The Morgan fingerprint density at radius 3 is 1.80 bits per heavy atom. The Labute approximate surface area is 34.6 Å². The average molecular weight is 95.1 g/mol. The summed E-state index contributed by atoms with van der Waals surface area (Å²) >= 11 is 0. The van der Waals surface area contributed by atoms with Gasteiger partial charge in [-0.25, -0.2) is 0 Å². The number of hydrogen-bond acceptors (Lipinski definition) is 2. The molecule has 2 nitrogen and oxygen atoms in total. The fraction of sp³-hybridized carbons (Fsp3) is 1.00. The maximum atomic E-state index is 7.57. The molecular weight excluding hydrogens is 85.0 g/mol. The van der Waals surface area contributed by atoms with Crippen LogP contribution in [-0.2, 0) is 0 Å². The predicted molar refractivity (Wildman–Crippen MR) is 26.7 cm³/mol. The molecule has 0 rings (SSSR count). The first-order valence-corrected chi connectivity index (χ1v) is 2.02. The van der Waals surface area contributed by atoms with E-state index in [4.69, 9.17) is 5.11 Å². The highest BCUT2D eigenvalue weighted by Gasteiger charge is 1.34. The van der Waals surface area contributed by atoms with Gasteiger partial charge in [0, 0.05) is 6.61 Å². The third-order valence-electron chi connectivity index (χ3n) is 0. The molecule has 0 aromatic rings. The number of aliphatic hydroxyl groups excluding tert-OH is 1. The minimum Gasteiger partial charge on any atom is -0.397 e. The van der Waals surface area contributed by atoms with Gasteiger partial charge in [0.15, 0.2) is 0 Å². The Morgan fingerprint density at radius 2 is 1.80 bits per heavy atom. The van der Waals surface area contributed by atoms with Crippen LogP contribution in [0.15, 0.2) is 0 Å². The van der Waals surface area contributed by atoms with Crippen molar-refractivity contribution in [2.75, 3.05) is 6.61 Å². The van der Waals surface area contributed by atoms with Crippen LogP contribution in [0.1, 0.15) is 6.92 Å². The predicted octanol–water partition coefficient (Wildman–Crippen LogP) is -0.266. The monoisotopic (exact) mass is 95.1 g/mol. The van der Waals surface area contributed by atoms with Crippen molar-refractivity contribution in [1.29, 1.82) is 0 Å². The Kier molecular flexibility index (Phi) is 48.3. The molecule has 0 saturated heterocycles. The number of rotatable bonds is 0. The summed E-state index contributed by atoms with van der Waals surface area (Å²) in [4.78, 5) is 0. The molecule has 0 aliphatic rings. The molecule has 0 bridgehead atoms. The quantitative estimate of drug-likeness (QED) is 0.407. The van der Waals surface area contributed by atoms with Crippen LogP contribution >= 0.6 is 9.39 Å². The second kappa shape index (κ2) is 26.8. The van der Waals surface area contributed by atoms with E-state index in [1.807, 2.05) is 9.39 Å². The maximum absolute atomic E-state index is 7.57. The molecule has 0 amide bonds. The highest BCUT2D eigenvalue weighted by Crippen LogP contribution is 1.30. The second-order valence-electron chi connectivity index (χ2n) is 0.316. The Morgan fingerprint density at radius 1 is 1.80 bits per heavy atom. The minimum atomic E-state index is 0.250. The molecule has 0 saturated carbocycles. The van der Waals surface area contributed by atoms with Crippen LogP contribution in [0.25, 0.3) is 0 Å². The zero-order valence-electron chi connectivity index (χ0n) is 3.31. The normalized spacial score (nSPS) is 4.80. The highest BCUT2D eigenvalue weighted by molar-refractivity contribution is 7.13. The van der Waals surface area contributed by atoms with Gasteiger partial charge in [-0.05, 0) is 6.92 Å². The van der Waals surface area contributed by atoms with Gasteiger partial charge in [-0.15, -0.1) is 0 Å². The lowest BCUT2D eigenvalue weighted by atomic mass is 10.9. The molecule has 3 heteroatoms. The van der Waals surface area contributed by atoms with Crippen LogP contribution in [0.4, 0.5) is 0 Å². The molecule has 0 aromatic heterocycles. The van der Waals surface area contributed by atoms with Gasteiger partial charge in [0.1, 0.15) is 0 Å². The van der Waals surface area contributed by atoms with Crippen LogP contribution in [0, 0.1) is 0 Å². The summed E-state index contributed by atoms with van der Waals surface area (Å²) in [6, 6.07) is 0. The molecule has 0 spiro atoms. The van der Waals surface area contributed by atoms with Crippen molar-refractivity contribution in [1.82, 2.24) is 0 Å². The molecule has 34 valence electrons. The zero-order chi connectivity index (χ0) is 4.71. The van der Waals surface area contributed by atoms with Gasteiger partial charge in [-0.2, -0.15) is 0 Å². The lowest BCUT2D eigenvalue weighted by molar-refractivity contribution is 0.318. The standard InChI is InChI=1S/C2H6O.H4NP/c1-2-3;1-2/h3H,2H2,1H3;1-2H2. The van der Waals surface area contributed by atoms with Gasteiger partial charge in [0.25, 0.3) is 0 Å². The van der Waals surface area contributed by atoms with Gasteiger partial charge in [0.2, 0.25) is 0 Å². The Hall–Kier alpha value is 0.350. The molecule has 0 radical (unpaired) electrons. The van der Waals surface area contributed by atoms with Gasteiger partial charge in [-0.3, -0.25) is 0 Å². The number of hydrogen-bond donors (Lipinski definition) is 2. The molecule has 1 atom stereocenters. The average Bonchev–Trinajstić information content (AvgIpc) is 1.46. The van der Waals surface area contributed by atoms with E-state index in [2.05, 4.69) is 5.50 Å². The highest BCUT2D eigenvalue weighted by atomic mass is 31.0. The topological polar surface area (TPSA) is 46.2 Å². The third-order valence-corrected chi connectivity index (χ3v) is 0. The third kappa shape index (κ3) is 196. The lowest BCUT2D eigenvalue weighted by Gasteiger charge is -1.52. The molecule has 0 heterocycles. The summed E-state index contributed by atoms with van der Waals surface area (Å²) in [6.07, 6.45) is 0. The van der Waals surface area contributed by atoms with E-state index in [0.717, 1.165) is 0 Å². The van der Waals surface area contributed by atoms with Crippen molar-refractivity contribution in [2.24, 2.45) is 5.50 Å². The van der Waals surface area contributed by atoms with Crippen LogP contribution in [-0.4, -0.2) is 11.7 Å². The van der Waals surface area contributed by atoms with Crippen molar-refractivity contribution >= 4 is 9.39 Å². The molecule has 1 unspecified atom stereocenters. The SMILES string of the molecule is CCO.NP. The summed E-state index contributed by atoms with van der Waals surface area (Å²) in [5.41, 5.74) is 4.42. The smallest absolute Gasteiger partial charge is 0.0402 e. The fourth-order valence-electron chi connectivity index (χ4n) is 0. The van der Waals surface area contributed by atoms with Crippen molar-refractivity contribution in [3.8, 4) is 0 Å². The Balaban J connectivity index is 0. The molecule has 5 heavy (non-hydrogen) atoms. The molecule has 0 aromatic carbocycles. The zero-order valence-corrected chi connectivity index (χ0v) is 4.46. The summed E-state index contributed by atoms with van der Waals surface area (Å²) in [7, 11) is 1.92. The summed E-state index contributed by atoms with van der Waals surface area (Å²) in [6.45, 7) is 1.93. The first kappa shape index (κ1) is 9.02. The molecular formula is C2H10NOP. The van der Waals surface area contributed by atoms with Crippen molar-refractivity contribution < 1.29 is 5.11 Å². The van der Waals surface area contributed by atoms with E-state index >= 15 is 0 Å². The van der Waals surface area contributed by atoms with E-state index in [1.54, 1.807) is 6.92 Å². The van der Waals surface area contributed by atoms with E-state index in [-0.39, 0.29) is 6.61 Å². The van der Waals surface area contributed by atoms with Gasteiger partial charge < -0.3 is 10.6 Å². The molecule has 0 aliphatic heterocycles. The number of aliphatic hydroxyl groups is 1. The summed E-state index contributed by atoms with van der Waals surface area (Å²) in [5, 5.41) is 7.57. The largest absolute Gasteiger partial charge is 0.397 e. The van der Waals surface area contributed by atoms with Crippen molar-refractivity contribution in [3.05, 3.63) is 0 Å². The molecule has 0 fully saturated rings. The Bertz CT molecular complexity index is 9.61. The number of nitrogens with two attached hydrogens (primary N) is 1. The van der Waals surface area contributed by atoms with Crippen LogP contribution in [0.5, 0.6) is 0 Å². The molecule has 0 aliphatic carbocycles. The van der Waals surface area contributed by atoms with Crippen LogP contribution in [0.3, 0.4) is 0 Å². The van der Waals surface area contributed by atoms with Gasteiger partial charge in [0.05, 0.1) is 0 Å². The van der Waals surface area contributed by atoms with Crippen LogP contribution in [0.2, 0.25) is 0 Å². The molecule has 3 N–H and O–H groups in total. The second-order valence-corrected chi connectivity index (χ2v) is 0.316. The van der Waals surface area contributed by atoms with Gasteiger partial charge in [-0.1, -0.05) is 9.39 Å². The minimum absolute atomic E-state index is 0.250. The maximum Gasteiger partial charge on any atom is 0.0402 e. The van der Waals surface area contributed by atoms with E-state index < -0.39 is 0 Å². The van der Waals surface area contributed by atoms with Crippen molar-refractivity contribution in [3.63, 3.8) is 0 Å². The van der Waals surface area contributed by atoms with Crippen molar-refractivity contribution in [2.45, 2.75) is 6.92 Å². The van der Waals surface area contributed by atoms with E-state index in [9.17, 15) is 0 Å². The van der Waals surface area contributed by atoms with E-state index in [1.165, 1.54) is 0 Å². The van der Waals surface area contributed by atoms with Gasteiger partial charge >= 0.3 is 0 Å². The first-order valence-electron chi connectivity index (χ1n) is 1.36. The lowest BCUT2D eigenvalue weighted by Crippen LogP contribution is -1.57. The van der Waals surface area contributed by atoms with E-state index in [0.29, 0.717) is 0 Å². The first-order chi connectivity index (χ1) is 2.41. The summed E-state index contributed by atoms with van der Waals surface area (Å²) < 4.78 is 0. The van der Waals surface area contributed by atoms with Crippen LogP contribution < -0.4 is 5.50 Å². The fourth-order valence-corrected chi connectivity index (χ4v) is 0.